The van der Waals surface area contributed by atoms with Gasteiger partial charge in [-0.1, -0.05) is 12.1 Å². The van der Waals surface area contributed by atoms with Crippen molar-refractivity contribution in [3.05, 3.63) is 52.6 Å². The average Bonchev–Trinajstić information content (AvgIpc) is 3.86. The van der Waals surface area contributed by atoms with Crippen LogP contribution >= 0.6 is 34.9 Å². The maximum Gasteiger partial charge on any atom is 0.276 e. The molecule has 2 saturated heterocycles. The second-order valence-corrected chi connectivity index (χ2v) is 15.2. The van der Waals surface area contributed by atoms with Gasteiger partial charge in [0.1, 0.15) is 30.0 Å². The zero-order valence-corrected chi connectivity index (χ0v) is 29.3. The lowest BCUT2D eigenvalue weighted by Crippen LogP contribution is -2.71. The number of benzene rings is 1. The van der Waals surface area contributed by atoms with Gasteiger partial charge in [-0.2, -0.15) is 4.57 Å². The number of thioether (sulfide) groups is 2. The number of hydrogen-bond acceptors (Lipinski definition) is 13. The van der Waals surface area contributed by atoms with Crippen LogP contribution in [0.3, 0.4) is 0 Å². The van der Waals surface area contributed by atoms with Crippen LogP contribution < -0.4 is 30.9 Å². The predicted molar refractivity (Wildman–Crippen MR) is 185 cm³/mol. The Morgan fingerprint density at radius 2 is 2.16 bits per heavy atom. The number of β-lactam (4-membered cyclic amide) rings is 1. The number of carboxylic acids is 1. The molecule has 3 unspecified atom stereocenters. The van der Waals surface area contributed by atoms with Crippen molar-refractivity contribution in [3.8, 4) is 0 Å². The van der Waals surface area contributed by atoms with E-state index in [1.165, 1.54) is 35.5 Å². The van der Waals surface area contributed by atoms with Crippen LogP contribution in [0.4, 0.5) is 15.2 Å². The van der Waals surface area contributed by atoms with E-state index in [4.69, 9.17) is 10.6 Å². The highest BCUT2D eigenvalue weighted by molar-refractivity contribution is 8.01. The third-order valence-corrected chi connectivity index (χ3v) is 12.3. The predicted octanol–water partition coefficient (Wildman–Crippen LogP) is 1.37. The molecule has 2 aromatic heterocycles. The highest BCUT2D eigenvalue weighted by Gasteiger charge is 2.53. The fourth-order valence-corrected chi connectivity index (χ4v) is 9.66. The maximum atomic E-state index is 15.9. The number of nitrogens with one attached hydrogen (secondary N) is 2. The lowest BCUT2D eigenvalue weighted by molar-refractivity contribution is -0.675. The number of fused-ring (bicyclic) bond motifs is 2. The number of rotatable bonds is 11. The molecule has 3 atom stereocenters. The molecule has 3 fully saturated rings. The van der Waals surface area contributed by atoms with Crippen molar-refractivity contribution in [2.75, 3.05) is 48.9 Å². The van der Waals surface area contributed by atoms with Crippen LogP contribution in [-0.4, -0.2) is 89.1 Å². The van der Waals surface area contributed by atoms with E-state index in [2.05, 4.69) is 37.2 Å². The van der Waals surface area contributed by atoms with Gasteiger partial charge in [0.05, 0.1) is 22.7 Å². The summed E-state index contributed by atoms with van der Waals surface area (Å²) in [5, 5.41) is 24.1. The number of nitrogen functional groups attached to an aromatic ring is 1. The summed E-state index contributed by atoms with van der Waals surface area (Å²) in [7, 11) is 1.28. The van der Waals surface area contributed by atoms with Gasteiger partial charge in [-0.15, -0.1) is 34.9 Å². The molecule has 2 amide bonds. The third-order valence-electron chi connectivity index (χ3n) is 9.16. The molecule has 1 aromatic carbocycles. The molecule has 0 spiro atoms. The Kier molecular flexibility index (Phi) is 9.43. The summed E-state index contributed by atoms with van der Waals surface area (Å²) in [6.45, 7) is 4.43. The molecule has 0 radical (unpaired) electrons. The van der Waals surface area contributed by atoms with E-state index in [-0.39, 0.29) is 39.8 Å². The molecule has 1 aliphatic carbocycles. The Hall–Kier alpha value is -3.93. The minimum absolute atomic E-state index is 0.157. The Bertz CT molecular complexity index is 1900. The molecule has 3 aliphatic heterocycles. The van der Waals surface area contributed by atoms with Gasteiger partial charge in [0.15, 0.2) is 23.1 Å². The minimum atomic E-state index is -1.47. The first-order valence-corrected chi connectivity index (χ1v) is 18.9. The van der Waals surface area contributed by atoms with Crippen LogP contribution in [-0.2, 0) is 19.2 Å². The summed E-state index contributed by atoms with van der Waals surface area (Å²) in [5.74, 6) is -2.49. The molecule has 4 aliphatic rings. The van der Waals surface area contributed by atoms with Crippen molar-refractivity contribution >= 4 is 80.1 Å². The number of carboxylic acid groups (broad SMARTS) is 1. The molecular formula is C32H35FN8O5S3. The molecule has 5 heterocycles. The zero-order chi connectivity index (χ0) is 34.4. The Balaban J connectivity index is 1.12. The number of hydrogen-bond donors (Lipinski definition) is 3. The number of pyridine rings is 1. The molecular weight excluding hydrogens is 692 g/mol. The van der Waals surface area contributed by atoms with E-state index in [1.54, 1.807) is 11.4 Å². The number of aromatic nitrogens is 2. The van der Waals surface area contributed by atoms with Crippen LogP contribution in [0.25, 0.3) is 10.9 Å². The number of oxime groups is 1. The SMILES string of the molecule is CCC1CNCCN1c1cc2c(cc1F)c(SCC1=C(C(=O)[O-])N3C(=O)C(NC(=O)/C(=N\OC)c4csc(N)n4)C3SC1)cc[n+]2C1CC1. The molecule has 1 saturated carbocycles. The zero-order valence-electron chi connectivity index (χ0n) is 26.8. The summed E-state index contributed by atoms with van der Waals surface area (Å²) in [6.07, 6.45) is 5.06. The third kappa shape index (κ3) is 6.32. The van der Waals surface area contributed by atoms with E-state index in [9.17, 15) is 19.5 Å². The van der Waals surface area contributed by atoms with Gasteiger partial charge in [0, 0.05) is 72.4 Å². The lowest BCUT2D eigenvalue weighted by Gasteiger charge is -2.50. The van der Waals surface area contributed by atoms with Crippen LogP contribution in [0.2, 0.25) is 0 Å². The van der Waals surface area contributed by atoms with Gasteiger partial charge in [-0.25, -0.2) is 9.37 Å². The normalized spacial score (nSPS) is 22.6. The fraction of sp³-hybridized carbons (Fsp3) is 0.438. The fourth-order valence-electron chi connectivity index (χ4n) is 6.59. The largest absolute Gasteiger partial charge is 0.543 e. The first kappa shape index (κ1) is 33.6. The summed E-state index contributed by atoms with van der Waals surface area (Å²) in [4.78, 5) is 51.9. The van der Waals surface area contributed by atoms with Crippen LogP contribution in [0, 0.1) is 5.82 Å². The standard InChI is InChI=1S/C32H35FN8O5S3/c1-3-17-12-35-7-9-40(17)23-11-22-19(10-20(23)33)24(6-8-39(22)18-4-5-18)47-13-16-14-48-30-26(29(43)41(30)27(16)31(44)45)37-28(42)25(38-46-2)21-15-49-32(34)36-21/h6,8,10-11,15,17-18,26,30,35H,3-5,7,9,12-14H2,1-2H3,(H3-,34,36,37,42,44,45)/b38-25-. The van der Waals surface area contributed by atoms with E-state index < -0.39 is 29.2 Å². The average molecular weight is 727 g/mol. The van der Waals surface area contributed by atoms with Gasteiger partial charge in [-0.05, 0) is 18.1 Å². The van der Waals surface area contributed by atoms with E-state index in [0.29, 0.717) is 23.1 Å². The second kappa shape index (κ2) is 13.8. The topological polar surface area (TPSA) is 169 Å². The van der Waals surface area contributed by atoms with Crippen LogP contribution in [0.15, 0.2) is 51.1 Å². The minimum Gasteiger partial charge on any atom is -0.543 e. The van der Waals surface area contributed by atoms with Gasteiger partial charge >= 0.3 is 0 Å². The first-order chi connectivity index (χ1) is 23.7. The Labute approximate surface area is 294 Å². The maximum absolute atomic E-state index is 15.9. The van der Waals surface area contributed by atoms with Crippen molar-refractivity contribution in [3.63, 3.8) is 0 Å². The molecule has 7 rings (SSSR count). The van der Waals surface area contributed by atoms with E-state index >= 15 is 4.39 Å². The molecule has 258 valence electrons. The number of carbonyl (C=O) groups is 3. The Morgan fingerprint density at radius 3 is 2.86 bits per heavy atom. The highest BCUT2D eigenvalue weighted by atomic mass is 32.2. The molecule has 17 heteroatoms. The number of thiazole rings is 1. The van der Waals surface area contributed by atoms with Crippen LogP contribution in [0.5, 0.6) is 0 Å². The lowest BCUT2D eigenvalue weighted by atomic mass is 10.0. The molecule has 4 N–H and O–H groups in total. The molecule has 0 bridgehead atoms. The summed E-state index contributed by atoms with van der Waals surface area (Å²) in [6, 6.07) is 5.10. The molecule has 3 aromatic rings. The van der Waals surface area contributed by atoms with Gasteiger partial charge in [-0.3, -0.25) is 14.5 Å². The number of halogens is 1. The van der Waals surface area contributed by atoms with Gasteiger partial charge in [0.25, 0.3) is 11.8 Å². The number of piperazine rings is 1. The summed E-state index contributed by atoms with van der Waals surface area (Å²) >= 11 is 3.87. The van der Waals surface area contributed by atoms with E-state index in [1.807, 2.05) is 18.3 Å². The number of anilines is 2. The monoisotopic (exact) mass is 726 g/mol. The molecule has 49 heavy (non-hydrogen) atoms. The summed E-state index contributed by atoms with van der Waals surface area (Å²) < 4.78 is 18.1. The second-order valence-electron chi connectivity index (χ2n) is 12.2. The number of amides is 2. The number of nitrogens with two attached hydrogens (primary N) is 1. The highest BCUT2D eigenvalue weighted by Crippen LogP contribution is 2.42. The first-order valence-electron chi connectivity index (χ1n) is 16.0. The smallest absolute Gasteiger partial charge is 0.276 e. The van der Waals surface area contributed by atoms with E-state index in [0.717, 1.165) is 66.0 Å². The summed E-state index contributed by atoms with van der Waals surface area (Å²) in [5.41, 5.74) is 7.60. The number of aliphatic carboxylic acids is 1. The van der Waals surface area contributed by atoms with Crippen molar-refractivity contribution in [1.82, 2.24) is 20.5 Å². The number of nitrogens with zero attached hydrogens (tertiary/aromatic N) is 5. The van der Waals surface area contributed by atoms with Crippen molar-refractivity contribution in [1.29, 1.82) is 0 Å². The van der Waals surface area contributed by atoms with Gasteiger partial charge < -0.3 is 36.0 Å². The molecule has 13 nitrogen and oxygen atoms in total. The quantitative estimate of drug-likeness (QED) is 0.0859. The van der Waals surface area contributed by atoms with Crippen molar-refractivity contribution in [2.24, 2.45) is 5.16 Å². The van der Waals surface area contributed by atoms with Crippen molar-refractivity contribution < 1.29 is 33.3 Å². The van der Waals surface area contributed by atoms with Crippen LogP contribution in [0.1, 0.15) is 37.9 Å². The van der Waals surface area contributed by atoms with Gasteiger partial charge in [0.2, 0.25) is 5.52 Å². The van der Waals surface area contributed by atoms with Crippen molar-refractivity contribution in [2.45, 2.75) is 54.6 Å². The Morgan fingerprint density at radius 1 is 1.35 bits per heavy atom. The number of carbonyl (C=O) groups excluding carboxylic acids is 3.